The van der Waals surface area contributed by atoms with E-state index in [4.69, 9.17) is 0 Å². The molecule has 0 aromatic heterocycles. The molecule has 0 bridgehead atoms. The Morgan fingerprint density at radius 3 is 1.52 bits per heavy atom. The third kappa shape index (κ3) is 5.34. The van der Waals surface area contributed by atoms with Crippen LogP contribution in [0.5, 0.6) is 0 Å². The summed E-state index contributed by atoms with van der Waals surface area (Å²) < 4.78 is 0. The first-order chi connectivity index (χ1) is 10.3. The molecule has 23 heavy (non-hydrogen) atoms. The van der Waals surface area contributed by atoms with Crippen LogP contribution >= 0.6 is 0 Å². The molecule has 1 saturated carbocycles. The predicted octanol–water partition coefficient (Wildman–Crippen LogP) is 5.87. The molecule has 0 N–H and O–H groups in total. The van der Waals surface area contributed by atoms with Crippen molar-refractivity contribution in [1.82, 2.24) is 0 Å². The van der Waals surface area contributed by atoms with Crippen molar-refractivity contribution in [1.29, 1.82) is 0 Å². The molecule has 2 aromatic carbocycles. The Morgan fingerprint density at radius 2 is 1.13 bits per heavy atom. The topological polar surface area (TPSA) is 0 Å². The van der Waals surface area contributed by atoms with Crippen molar-refractivity contribution in [2.24, 2.45) is 0 Å². The summed E-state index contributed by atoms with van der Waals surface area (Å²) in [6.07, 6.45) is 6.41. The maximum atomic E-state index is 3.97. The number of hydrogen-bond donors (Lipinski definition) is 0. The monoisotopic (exact) mass is 645 g/mol. The van der Waals surface area contributed by atoms with Crippen LogP contribution in [-0.2, 0) is 48.6 Å². The van der Waals surface area contributed by atoms with E-state index in [1.54, 1.807) is 5.56 Å². The third-order valence-corrected chi connectivity index (χ3v) is 5.04. The third-order valence-electron chi connectivity index (χ3n) is 5.04. The van der Waals surface area contributed by atoms with E-state index < -0.39 is 0 Å². The average Bonchev–Trinajstić information content (AvgIpc) is 2.56. The molecule has 2 aromatic rings. The maximum absolute atomic E-state index is 3.97. The number of rotatable bonds is 3. The van der Waals surface area contributed by atoms with Crippen LogP contribution in [0.4, 0.5) is 0 Å². The quantitative estimate of drug-likeness (QED) is 0.367. The normalized spacial score (nSPS) is 20.2. The minimum absolute atomic E-state index is 0. The van der Waals surface area contributed by atoms with Crippen LogP contribution in [0.1, 0.15) is 66.7 Å². The van der Waals surface area contributed by atoms with Crippen LogP contribution < -0.4 is 0 Å². The predicted molar refractivity (Wildman–Crippen MR) is 90.7 cm³/mol. The van der Waals surface area contributed by atoms with Gasteiger partial charge in [-0.15, -0.1) is 12.1 Å². The standard InChI is InChI=1S/C21H25.2W/c1-3-17-6-10-19(11-7-17)21-14-12-20(13-15-21)18-8-4-16(2)5-9-18;;/h4-11,20-21H,2-3,12-15H2,1H3;;/q-1;;. The van der Waals surface area contributed by atoms with Crippen molar-refractivity contribution in [3.8, 4) is 0 Å². The number of benzene rings is 2. The van der Waals surface area contributed by atoms with Gasteiger partial charge in [0.25, 0.3) is 0 Å². The van der Waals surface area contributed by atoms with Gasteiger partial charge in [0, 0.05) is 42.1 Å². The van der Waals surface area contributed by atoms with E-state index in [-0.39, 0.29) is 42.1 Å². The van der Waals surface area contributed by atoms with E-state index in [9.17, 15) is 0 Å². The number of hydrogen-bond acceptors (Lipinski definition) is 0. The molecule has 0 nitrogen and oxygen atoms in total. The zero-order chi connectivity index (χ0) is 14.7. The second-order valence-corrected chi connectivity index (χ2v) is 6.39. The first kappa shape index (κ1) is 20.7. The Balaban J connectivity index is 0.00000132. The Bertz CT molecular complexity index is 564. The van der Waals surface area contributed by atoms with Gasteiger partial charge in [0.05, 0.1) is 0 Å². The first-order valence-electron chi connectivity index (χ1n) is 8.27. The van der Waals surface area contributed by atoms with Gasteiger partial charge >= 0.3 is 0 Å². The molecule has 0 saturated heterocycles. The molecule has 0 heterocycles. The summed E-state index contributed by atoms with van der Waals surface area (Å²) in [6, 6.07) is 18.1. The van der Waals surface area contributed by atoms with Crippen LogP contribution in [0, 0.1) is 6.92 Å². The van der Waals surface area contributed by atoms with E-state index in [1.165, 1.54) is 36.8 Å². The summed E-state index contributed by atoms with van der Waals surface area (Å²) in [5, 5.41) is 0. The molecule has 2 heteroatoms. The van der Waals surface area contributed by atoms with Crippen LogP contribution in [-0.4, -0.2) is 0 Å². The molecule has 0 spiro atoms. The minimum atomic E-state index is 0. The largest absolute Gasteiger partial charge is 0.199 e. The molecule has 1 aliphatic carbocycles. The number of aryl methyl sites for hydroxylation is 1. The second-order valence-electron chi connectivity index (χ2n) is 6.39. The zero-order valence-electron chi connectivity index (χ0n) is 13.8. The Kier molecular flexibility index (Phi) is 8.88. The van der Waals surface area contributed by atoms with E-state index >= 15 is 0 Å². The molecule has 0 amide bonds. The van der Waals surface area contributed by atoms with Gasteiger partial charge in [-0.05, 0) is 55.1 Å². The fraction of sp³-hybridized carbons (Fsp3) is 0.381. The Labute approximate surface area is 170 Å². The summed E-state index contributed by atoms with van der Waals surface area (Å²) >= 11 is 0. The van der Waals surface area contributed by atoms with Gasteiger partial charge < -0.3 is 0 Å². The van der Waals surface area contributed by atoms with Crippen molar-refractivity contribution in [3.63, 3.8) is 0 Å². The first-order valence-corrected chi connectivity index (χ1v) is 8.27. The van der Waals surface area contributed by atoms with Gasteiger partial charge in [-0.1, -0.05) is 36.8 Å². The van der Waals surface area contributed by atoms with Gasteiger partial charge in [-0.2, -0.15) is 24.6 Å². The van der Waals surface area contributed by atoms with Crippen molar-refractivity contribution in [2.75, 3.05) is 0 Å². The summed E-state index contributed by atoms with van der Waals surface area (Å²) in [5.74, 6) is 1.51. The molecule has 0 atom stereocenters. The van der Waals surface area contributed by atoms with E-state index in [1.807, 2.05) is 0 Å². The van der Waals surface area contributed by atoms with Crippen molar-refractivity contribution >= 4 is 0 Å². The van der Waals surface area contributed by atoms with Crippen LogP contribution in [0.15, 0.2) is 48.5 Å². The van der Waals surface area contributed by atoms with Gasteiger partial charge in [-0.3, -0.25) is 0 Å². The average molecular weight is 645 g/mol. The second kappa shape index (κ2) is 9.86. The van der Waals surface area contributed by atoms with E-state index in [0.717, 1.165) is 23.8 Å². The minimum Gasteiger partial charge on any atom is -0.199 e. The van der Waals surface area contributed by atoms with Gasteiger partial charge in [-0.25, -0.2) is 0 Å². The zero-order valence-corrected chi connectivity index (χ0v) is 19.7. The summed E-state index contributed by atoms with van der Waals surface area (Å²) in [7, 11) is 0. The Morgan fingerprint density at radius 1 is 0.739 bits per heavy atom. The van der Waals surface area contributed by atoms with Crippen molar-refractivity contribution in [3.05, 3.63) is 77.7 Å². The molecular weight excluding hydrogens is 620 g/mol. The van der Waals surface area contributed by atoms with Crippen LogP contribution in [0.25, 0.3) is 0 Å². The fourth-order valence-electron chi connectivity index (χ4n) is 3.58. The van der Waals surface area contributed by atoms with Crippen molar-refractivity contribution in [2.45, 2.75) is 50.9 Å². The molecule has 1 aliphatic rings. The summed E-state index contributed by atoms with van der Waals surface area (Å²) in [4.78, 5) is 0. The molecule has 0 unspecified atom stereocenters. The molecular formula is C21H25W2-. The molecule has 3 rings (SSSR count). The summed E-state index contributed by atoms with van der Waals surface area (Å²) in [5.41, 5.74) is 5.60. The van der Waals surface area contributed by atoms with Crippen LogP contribution in [0.2, 0.25) is 0 Å². The SMILES string of the molecule is [CH2-]c1ccc(C2CCC(c3ccc(CC)cc3)CC2)cc1.[W].[W]. The molecule has 0 aliphatic heterocycles. The smallest absolute Gasteiger partial charge is 0 e. The molecule has 0 radical (unpaired) electrons. The fourth-order valence-corrected chi connectivity index (χ4v) is 3.58. The van der Waals surface area contributed by atoms with Crippen LogP contribution in [0.3, 0.4) is 0 Å². The summed E-state index contributed by atoms with van der Waals surface area (Å²) in [6.45, 7) is 6.19. The van der Waals surface area contributed by atoms with Gasteiger partial charge in [0.2, 0.25) is 0 Å². The van der Waals surface area contributed by atoms with Gasteiger partial charge in [0.1, 0.15) is 0 Å². The van der Waals surface area contributed by atoms with E-state index in [2.05, 4.69) is 62.4 Å². The van der Waals surface area contributed by atoms with Gasteiger partial charge in [0.15, 0.2) is 0 Å². The molecule has 1 fully saturated rings. The maximum Gasteiger partial charge on any atom is 0 e. The van der Waals surface area contributed by atoms with Crippen molar-refractivity contribution < 1.29 is 42.1 Å². The van der Waals surface area contributed by atoms with E-state index in [0.29, 0.717) is 0 Å². The Hall–Kier alpha value is -0.313. The molecule has 122 valence electrons.